The van der Waals surface area contributed by atoms with Crippen LogP contribution in [0.2, 0.25) is 0 Å². The van der Waals surface area contributed by atoms with Gasteiger partial charge in [-0.1, -0.05) is 41.6 Å². The van der Waals surface area contributed by atoms with Crippen molar-refractivity contribution in [2.75, 3.05) is 0 Å². The minimum Gasteiger partial charge on any atom is -0.245 e. The van der Waals surface area contributed by atoms with Gasteiger partial charge in [0.2, 0.25) is 0 Å². The lowest BCUT2D eigenvalue weighted by atomic mass is 10.0. The van der Waals surface area contributed by atoms with Crippen molar-refractivity contribution in [3.05, 3.63) is 82.9 Å². The van der Waals surface area contributed by atoms with E-state index in [1.54, 1.807) is 12.3 Å². The largest absolute Gasteiger partial charge is 0.245 e. The van der Waals surface area contributed by atoms with Crippen LogP contribution in [0.1, 0.15) is 22.4 Å². The summed E-state index contributed by atoms with van der Waals surface area (Å²) in [6, 6.07) is 15.0. The Morgan fingerprint density at radius 1 is 1.10 bits per heavy atom. The van der Waals surface area contributed by atoms with Crippen LogP contribution in [0, 0.1) is 12.7 Å². The molecule has 3 aromatic rings. The van der Waals surface area contributed by atoms with Crippen LogP contribution in [0.5, 0.6) is 0 Å². The Balaban J connectivity index is 1.82. The van der Waals surface area contributed by atoms with Crippen molar-refractivity contribution >= 4 is 0 Å². The van der Waals surface area contributed by atoms with Crippen LogP contribution in [0.15, 0.2) is 54.7 Å². The summed E-state index contributed by atoms with van der Waals surface area (Å²) in [5.74, 6) is -0.202. The molecule has 0 radical (unpaired) electrons. The summed E-state index contributed by atoms with van der Waals surface area (Å²) in [6.45, 7) is 2.61. The van der Waals surface area contributed by atoms with Gasteiger partial charge >= 0.3 is 0 Å². The van der Waals surface area contributed by atoms with Gasteiger partial charge in [0.1, 0.15) is 5.82 Å². The monoisotopic (exact) mass is 281 g/mol. The molecule has 0 amide bonds. The van der Waals surface area contributed by atoms with Crippen LogP contribution in [-0.4, -0.2) is 15.0 Å². The van der Waals surface area contributed by atoms with Gasteiger partial charge in [0.05, 0.1) is 18.4 Å². The molecule has 0 saturated carbocycles. The lowest BCUT2D eigenvalue weighted by molar-refractivity contribution is 0.620. The highest BCUT2D eigenvalue weighted by Gasteiger charge is 2.08. The Kier molecular flexibility index (Phi) is 3.77. The first-order valence-electron chi connectivity index (χ1n) is 6.89. The minimum absolute atomic E-state index is 0.202. The van der Waals surface area contributed by atoms with Crippen molar-refractivity contribution < 1.29 is 4.39 Å². The fourth-order valence-corrected chi connectivity index (χ4v) is 2.36. The summed E-state index contributed by atoms with van der Waals surface area (Å²) < 4.78 is 15.1. The van der Waals surface area contributed by atoms with Gasteiger partial charge in [-0.15, -0.1) is 5.10 Å². The third-order valence-electron chi connectivity index (χ3n) is 3.55. The minimum atomic E-state index is -0.202. The van der Waals surface area contributed by atoms with Crippen molar-refractivity contribution in [3.63, 3.8) is 0 Å². The summed E-state index contributed by atoms with van der Waals surface area (Å²) >= 11 is 0. The summed E-state index contributed by atoms with van der Waals surface area (Å²) in [6.07, 6.45) is 2.47. The quantitative estimate of drug-likeness (QED) is 0.734. The molecule has 2 aromatic carbocycles. The summed E-state index contributed by atoms with van der Waals surface area (Å²) in [5.41, 5.74) is 4.24. The second-order valence-electron chi connectivity index (χ2n) is 5.12. The van der Waals surface area contributed by atoms with Gasteiger partial charge in [0.25, 0.3) is 0 Å². The molecule has 0 fully saturated rings. The molecule has 0 atom stereocenters. The third kappa shape index (κ3) is 3.16. The molecule has 0 N–H and O–H groups in total. The van der Waals surface area contributed by atoms with E-state index in [0.717, 1.165) is 16.8 Å². The lowest BCUT2D eigenvalue weighted by Gasteiger charge is -2.08. The molecule has 106 valence electrons. The Morgan fingerprint density at radius 3 is 2.67 bits per heavy atom. The van der Waals surface area contributed by atoms with Gasteiger partial charge in [-0.3, -0.25) is 0 Å². The van der Waals surface area contributed by atoms with Gasteiger partial charge in [-0.05, 0) is 35.7 Å². The molecule has 3 rings (SSSR count). The number of benzene rings is 2. The third-order valence-corrected chi connectivity index (χ3v) is 3.55. The molecular formula is C17H16FN3. The van der Waals surface area contributed by atoms with E-state index >= 15 is 0 Å². The molecular weight excluding hydrogens is 265 g/mol. The SMILES string of the molecule is Cc1cc(F)ccc1Cc1cnnn1Cc1ccccc1. The fraction of sp³-hybridized carbons (Fsp3) is 0.176. The fourth-order valence-electron chi connectivity index (χ4n) is 2.36. The maximum Gasteiger partial charge on any atom is 0.123 e. The number of halogens is 1. The van der Waals surface area contributed by atoms with Crippen molar-refractivity contribution in [2.45, 2.75) is 19.9 Å². The van der Waals surface area contributed by atoms with Crippen molar-refractivity contribution in [2.24, 2.45) is 0 Å². The number of aromatic nitrogens is 3. The molecule has 0 aliphatic carbocycles. The average Bonchev–Trinajstić information content (AvgIpc) is 2.90. The Morgan fingerprint density at radius 2 is 1.90 bits per heavy atom. The van der Waals surface area contributed by atoms with Crippen LogP contribution in [-0.2, 0) is 13.0 Å². The molecule has 1 heterocycles. The number of rotatable bonds is 4. The molecule has 4 heteroatoms. The number of hydrogen-bond acceptors (Lipinski definition) is 2. The second-order valence-corrected chi connectivity index (χ2v) is 5.12. The zero-order chi connectivity index (χ0) is 14.7. The number of nitrogens with zero attached hydrogens (tertiary/aromatic N) is 3. The summed E-state index contributed by atoms with van der Waals surface area (Å²) in [5, 5.41) is 8.15. The summed E-state index contributed by atoms with van der Waals surface area (Å²) in [7, 11) is 0. The summed E-state index contributed by atoms with van der Waals surface area (Å²) in [4.78, 5) is 0. The highest BCUT2D eigenvalue weighted by Crippen LogP contribution is 2.15. The Hall–Kier alpha value is -2.49. The molecule has 0 saturated heterocycles. The van der Waals surface area contributed by atoms with E-state index in [9.17, 15) is 4.39 Å². The Bertz CT molecular complexity index is 735. The van der Waals surface area contributed by atoms with Crippen molar-refractivity contribution in [1.82, 2.24) is 15.0 Å². The maximum atomic E-state index is 13.2. The van der Waals surface area contributed by atoms with E-state index in [2.05, 4.69) is 22.4 Å². The van der Waals surface area contributed by atoms with Crippen LogP contribution in [0.3, 0.4) is 0 Å². The standard InChI is InChI=1S/C17H16FN3/c1-13-9-16(18)8-7-15(13)10-17-11-19-20-21(17)12-14-5-3-2-4-6-14/h2-9,11H,10,12H2,1H3. The van der Waals surface area contributed by atoms with Crippen LogP contribution in [0.4, 0.5) is 4.39 Å². The topological polar surface area (TPSA) is 30.7 Å². The number of aryl methyl sites for hydroxylation is 1. The van der Waals surface area contributed by atoms with Gasteiger partial charge < -0.3 is 0 Å². The normalized spacial score (nSPS) is 10.8. The smallest absolute Gasteiger partial charge is 0.123 e. The van der Waals surface area contributed by atoms with Gasteiger partial charge in [0, 0.05) is 6.42 Å². The predicted octanol–water partition coefficient (Wildman–Crippen LogP) is 3.36. The van der Waals surface area contributed by atoms with E-state index in [-0.39, 0.29) is 5.82 Å². The molecule has 3 nitrogen and oxygen atoms in total. The molecule has 0 bridgehead atoms. The van der Waals surface area contributed by atoms with Gasteiger partial charge in [0.15, 0.2) is 0 Å². The zero-order valence-corrected chi connectivity index (χ0v) is 11.8. The van der Waals surface area contributed by atoms with Crippen LogP contribution in [0.25, 0.3) is 0 Å². The van der Waals surface area contributed by atoms with Crippen molar-refractivity contribution in [3.8, 4) is 0 Å². The van der Waals surface area contributed by atoms with E-state index < -0.39 is 0 Å². The van der Waals surface area contributed by atoms with E-state index in [0.29, 0.717) is 13.0 Å². The van der Waals surface area contributed by atoms with E-state index in [4.69, 9.17) is 0 Å². The van der Waals surface area contributed by atoms with Gasteiger partial charge in [-0.25, -0.2) is 9.07 Å². The first-order chi connectivity index (χ1) is 10.2. The lowest BCUT2D eigenvalue weighted by Crippen LogP contribution is -2.07. The van der Waals surface area contributed by atoms with E-state index in [1.807, 2.05) is 35.9 Å². The molecule has 21 heavy (non-hydrogen) atoms. The van der Waals surface area contributed by atoms with Gasteiger partial charge in [-0.2, -0.15) is 0 Å². The Labute approximate surface area is 123 Å². The van der Waals surface area contributed by atoms with Crippen molar-refractivity contribution in [1.29, 1.82) is 0 Å². The second kappa shape index (κ2) is 5.87. The highest BCUT2D eigenvalue weighted by atomic mass is 19.1. The molecule has 0 aliphatic rings. The molecule has 0 spiro atoms. The van der Waals surface area contributed by atoms with E-state index in [1.165, 1.54) is 11.6 Å². The maximum absolute atomic E-state index is 13.2. The highest BCUT2D eigenvalue weighted by molar-refractivity contribution is 5.30. The van der Waals surface area contributed by atoms with Crippen LogP contribution >= 0.6 is 0 Å². The zero-order valence-electron chi connectivity index (χ0n) is 11.8. The number of hydrogen-bond donors (Lipinski definition) is 0. The first-order valence-corrected chi connectivity index (χ1v) is 6.89. The molecule has 1 aromatic heterocycles. The predicted molar refractivity (Wildman–Crippen MR) is 79.5 cm³/mol. The first kappa shape index (κ1) is 13.5. The molecule has 0 aliphatic heterocycles. The molecule has 0 unspecified atom stereocenters. The van der Waals surface area contributed by atoms with Crippen LogP contribution < -0.4 is 0 Å². The average molecular weight is 281 g/mol.